The molecule has 2 rings (SSSR count). The highest BCUT2D eigenvalue weighted by molar-refractivity contribution is 5.89. The molecule has 0 fully saturated rings. The van der Waals surface area contributed by atoms with E-state index < -0.39 is 11.0 Å². The van der Waals surface area contributed by atoms with E-state index in [0.717, 1.165) is 5.56 Å². The Morgan fingerprint density at radius 3 is 2.56 bits per heavy atom. The van der Waals surface area contributed by atoms with Crippen molar-refractivity contribution < 1.29 is 14.8 Å². The van der Waals surface area contributed by atoms with Crippen LogP contribution in [0.4, 0.5) is 16.2 Å². The number of anilines is 1. The van der Waals surface area contributed by atoms with Crippen LogP contribution in [-0.2, 0) is 6.54 Å². The zero-order valence-corrected chi connectivity index (χ0v) is 14.0. The normalized spacial score (nSPS) is 11.6. The number of carbonyl (C=O) groups is 1. The minimum atomic E-state index is -0.514. The van der Waals surface area contributed by atoms with Crippen LogP contribution < -0.4 is 5.32 Å². The minimum Gasteiger partial charge on any atom is -0.394 e. The molecule has 0 aliphatic carbocycles. The average molecular weight is 343 g/mol. The van der Waals surface area contributed by atoms with E-state index >= 15 is 0 Å². The lowest BCUT2D eigenvalue weighted by Crippen LogP contribution is -2.44. The standard InChI is InChI=1S/C18H21N3O4/c1-2-16(13-22)20(12-14-7-4-3-5-8-14)18(23)19-15-9-6-10-17(11-15)21(24)25/h3-11,16,22H,2,12-13H2,1H3,(H,19,23)/t16-/m0/s1. The maximum absolute atomic E-state index is 12.7. The fourth-order valence-corrected chi connectivity index (χ4v) is 2.49. The van der Waals surface area contributed by atoms with Gasteiger partial charge in [-0.2, -0.15) is 0 Å². The number of hydrogen-bond acceptors (Lipinski definition) is 4. The Labute approximate surface area is 146 Å². The van der Waals surface area contributed by atoms with Crippen LogP contribution in [0.3, 0.4) is 0 Å². The lowest BCUT2D eigenvalue weighted by Gasteiger charge is -2.30. The Balaban J connectivity index is 2.19. The number of nitro groups is 1. The molecule has 1 atom stereocenters. The first kappa shape index (κ1) is 18.4. The Morgan fingerprint density at radius 2 is 1.96 bits per heavy atom. The van der Waals surface area contributed by atoms with Crippen LogP contribution in [0.1, 0.15) is 18.9 Å². The van der Waals surface area contributed by atoms with Gasteiger partial charge in [0.05, 0.1) is 17.6 Å². The molecule has 2 N–H and O–H groups in total. The number of amides is 2. The predicted octanol–water partition coefficient (Wildman–Crippen LogP) is 3.40. The van der Waals surface area contributed by atoms with Crippen LogP contribution in [0, 0.1) is 10.1 Å². The first-order valence-electron chi connectivity index (χ1n) is 8.02. The molecule has 0 bridgehead atoms. The van der Waals surface area contributed by atoms with E-state index in [9.17, 15) is 20.0 Å². The Hall–Kier alpha value is -2.93. The second kappa shape index (κ2) is 8.79. The number of benzene rings is 2. The van der Waals surface area contributed by atoms with E-state index in [0.29, 0.717) is 18.7 Å². The van der Waals surface area contributed by atoms with Gasteiger partial charge in [-0.3, -0.25) is 10.1 Å². The van der Waals surface area contributed by atoms with Crippen molar-refractivity contribution in [2.75, 3.05) is 11.9 Å². The lowest BCUT2D eigenvalue weighted by molar-refractivity contribution is -0.384. The second-order valence-corrected chi connectivity index (χ2v) is 5.60. The van der Waals surface area contributed by atoms with Crippen molar-refractivity contribution in [2.24, 2.45) is 0 Å². The smallest absolute Gasteiger partial charge is 0.322 e. The number of nitrogens with zero attached hydrogens (tertiary/aromatic N) is 2. The number of nitrogens with one attached hydrogen (secondary N) is 1. The maximum Gasteiger partial charge on any atom is 0.322 e. The van der Waals surface area contributed by atoms with Gasteiger partial charge in [-0.05, 0) is 18.1 Å². The number of carbonyl (C=O) groups excluding carboxylic acids is 1. The summed E-state index contributed by atoms with van der Waals surface area (Å²) in [5, 5.41) is 23.1. The number of aliphatic hydroxyl groups is 1. The zero-order chi connectivity index (χ0) is 18.2. The summed E-state index contributed by atoms with van der Waals surface area (Å²) in [6, 6.07) is 14.5. The maximum atomic E-state index is 12.7. The van der Waals surface area contributed by atoms with Gasteiger partial charge >= 0.3 is 6.03 Å². The Kier molecular flexibility index (Phi) is 6.47. The Morgan fingerprint density at radius 1 is 1.24 bits per heavy atom. The van der Waals surface area contributed by atoms with Crippen molar-refractivity contribution >= 4 is 17.4 Å². The third-order valence-corrected chi connectivity index (χ3v) is 3.89. The summed E-state index contributed by atoms with van der Waals surface area (Å²) in [4.78, 5) is 24.6. The minimum absolute atomic E-state index is 0.0957. The van der Waals surface area contributed by atoms with Crippen LogP contribution in [-0.4, -0.2) is 33.6 Å². The third kappa shape index (κ3) is 5.02. The van der Waals surface area contributed by atoms with E-state index in [2.05, 4.69) is 5.32 Å². The summed E-state index contributed by atoms with van der Waals surface area (Å²) in [6.45, 7) is 2.06. The molecule has 0 saturated heterocycles. The predicted molar refractivity (Wildman–Crippen MR) is 95.3 cm³/mol. The van der Waals surface area contributed by atoms with E-state index in [1.165, 1.54) is 23.1 Å². The molecule has 0 aliphatic rings. The molecule has 7 heteroatoms. The number of nitro benzene ring substituents is 1. The SMILES string of the molecule is CC[C@@H](CO)N(Cc1ccccc1)C(=O)Nc1cccc([N+](=O)[O-])c1. The van der Waals surface area contributed by atoms with E-state index in [1.807, 2.05) is 37.3 Å². The van der Waals surface area contributed by atoms with Gasteiger partial charge in [0.1, 0.15) is 0 Å². The fraction of sp³-hybridized carbons (Fsp3) is 0.278. The topological polar surface area (TPSA) is 95.7 Å². The fourth-order valence-electron chi connectivity index (χ4n) is 2.49. The summed E-state index contributed by atoms with van der Waals surface area (Å²) in [7, 11) is 0. The van der Waals surface area contributed by atoms with Crippen molar-refractivity contribution in [3.05, 3.63) is 70.3 Å². The molecule has 0 spiro atoms. The molecule has 0 unspecified atom stereocenters. The van der Waals surface area contributed by atoms with E-state index in [-0.39, 0.29) is 18.3 Å². The summed E-state index contributed by atoms with van der Waals surface area (Å²) < 4.78 is 0. The molecule has 0 radical (unpaired) electrons. The van der Waals surface area contributed by atoms with Crippen LogP contribution >= 0.6 is 0 Å². The largest absolute Gasteiger partial charge is 0.394 e. The highest BCUT2D eigenvalue weighted by Gasteiger charge is 2.22. The van der Waals surface area contributed by atoms with Crippen molar-refractivity contribution in [3.63, 3.8) is 0 Å². The average Bonchev–Trinajstić information content (AvgIpc) is 2.63. The highest BCUT2D eigenvalue weighted by Crippen LogP contribution is 2.19. The number of urea groups is 1. The van der Waals surface area contributed by atoms with Gasteiger partial charge in [0.2, 0.25) is 0 Å². The first-order valence-corrected chi connectivity index (χ1v) is 8.02. The molecular weight excluding hydrogens is 322 g/mol. The highest BCUT2D eigenvalue weighted by atomic mass is 16.6. The van der Waals surface area contributed by atoms with Crippen molar-refractivity contribution in [3.8, 4) is 0 Å². The van der Waals surface area contributed by atoms with Gasteiger partial charge in [-0.1, -0.05) is 43.3 Å². The van der Waals surface area contributed by atoms with Gasteiger partial charge in [0, 0.05) is 24.4 Å². The molecule has 0 aromatic heterocycles. The summed E-state index contributed by atoms with van der Waals surface area (Å²) in [5.74, 6) is 0. The molecule has 7 nitrogen and oxygen atoms in total. The van der Waals surface area contributed by atoms with Gasteiger partial charge in [0.15, 0.2) is 0 Å². The van der Waals surface area contributed by atoms with Crippen LogP contribution in [0.2, 0.25) is 0 Å². The third-order valence-electron chi connectivity index (χ3n) is 3.89. The quantitative estimate of drug-likeness (QED) is 0.595. The van der Waals surface area contributed by atoms with Crippen molar-refractivity contribution in [2.45, 2.75) is 25.9 Å². The molecule has 0 aliphatic heterocycles. The van der Waals surface area contributed by atoms with Crippen LogP contribution in [0.15, 0.2) is 54.6 Å². The van der Waals surface area contributed by atoms with Gasteiger partial charge < -0.3 is 15.3 Å². The number of hydrogen-bond donors (Lipinski definition) is 2. The Bertz CT molecular complexity index is 717. The molecule has 25 heavy (non-hydrogen) atoms. The molecule has 132 valence electrons. The van der Waals surface area contributed by atoms with Crippen LogP contribution in [0.5, 0.6) is 0 Å². The lowest BCUT2D eigenvalue weighted by atomic mass is 10.1. The molecule has 0 heterocycles. The number of rotatable bonds is 7. The van der Waals surface area contributed by atoms with Gasteiger partial charge in [0.25, 0.3) is 5.69 Å². The molecule has 2 amide bonds. The number of non-ortho nitro benzene ring substituents is 1. The number of aliphatic hydroxyl groups excluding tert-OH is 1. The summed E-state index contributed by atoms with van der Waals surface area (Å²) in [5.41, 5.74) is 1.18. The summed E-state index contributed by atoms with van der Waals surface area (Å²) in [6.07, 6.45) is 0.589. The van der Waals surface area contributed by atoms with Gasteiger partial charge in [-0.15, -0.1) is 0 Å². The first-order chi connectivity index (χ1) is 12.0. The van der Waals surface area contributed by atoms with Crippen molar-refractivity contribution in [1.82, 2.24) is 4.90 Å². The van der Waals surface area contributed by atoms with Gasteiger partial charge in [-0.25, -0.2) is 4.79 Å². The summed E-state index contributed by atoms with van der Waals surface area (Å²) >= 11 is 0. The second-order valence-electron chi connectivity index (χ2n) is 5.60. The van der Waals surface area contributed by atoms with Crippen molar-refractivity contribution in [1.29, 1.82) is 0 Å². The molecule has 2 aromatic carbocycles. The molecule has 2 aromatic rings. The zero-order valence-electron chi connectivity index (χ0n) is 14.0. The molecule has 0 saturated carbocycles. The molecular formula is C18H21N3O4. The van der Waals surface area contributed by atoms with Crippen LogP contribution in [0.25, 0.3) is 0 Å². The van der Waals surface area contributed by atoms with E-state index in [4.69, 9.17) is 0 Å². The monoisotopic (exact) mass is 343 g/mol. The van der Waals surface area contributed by atoms with E-state index in [1.54, 1.807) is 6.07 Å².